The minimum Gasteiger partial charge on any atom is -0.462 e. The molecule has 2 amide bonds. The molecule has 37 heavy (non-hydrogen) atoms. The van der Waals surface area contributed by atoms with Crippen LogP contribution in [0.4, 0.5) is 4.79 Å². The number of ether oxygens (including phenoxy) is 3. The molecule has 190 valence electrons. The van der Waals surface area contributed by atoms with E-state index in [4.69, 9.17) is 25.8 Å². The van der Waals surface area contributed by atoms with Crippen molar-refractivity contribution in [2.24, 2.45) is 0 Å². The highest BCUT2D eigenvalue weighted by Gasteiger charge is 2.36. The van der Waals surface area contributed by atoms with Crippen LogP contribution in [0.3, 0.4) is 0 Å². The van der Waals surface area contributed by atoms with Crippen molar-refractivity contribution < 1.29 is 28.6 Å². The zero-order chi connectivity index (χ0) is 26.3. The molecular formula is C27H23ClN2O6S. The summed E-state index contributed by atoms with van der Waals surface area (Å²) in [6, 6.07) is 12.4. The first-order valence-corrected chi connectivity index (χ1v) is 12.8. The molecular weight excluding hydrogens is 516 g/mol. The van der Waals surface area contributed by atoms with E-state index in [2.05, 4.69) is 0 Å². The van der Waals surface area contributed by atoms with Crippen LogP contribution in [0.5, 0.6) is 11.5 Å². The molecule has 3 aromatic rings. The van der Waals surface area contributed by atoms with Crippen molar-refractivity contribution in [2.45, 2.75) is 27.3 Å². The molecule has 0 radical (unpaired) electrons. The van der Waals surface area contributed by atoms with Gasteiger partial charge in [0, 0.05) is 28.2 Å². The summed E-state index contributed by atoms with van der Waals surface area (Å²) in [7, 11) is 0. The van der Waals surface area contributed by atoms with Crippen LogP contribution < -0.4 is 9.47 Å². The number of nitrogens with zero attached hydrogens (tertiary/aromatic N) is 2. The lowest BCUT2D eigenvalue weighted by molar-refractivity contribution is -0.123. The minimum absolute atomic E-state index is 0.0311. The normalized spacial score (nSPS) is 15.7. The lowest BCUT2D eigenvalue weighted by Gasteiger charge is -2.14. The van der Waals surface area contributed by atoms with Crippen LogP contribution in [0, 0.1) is 13.8 Å². The fraction of sp³-hybridized carbons (Fsp3) is 0.222. The summed E-state index contributed by atoms with van der Waals surface area (Å²) in [5, 5.41) is 0.0261. The van der Waals surface area contributed by atoms with Gasteiger partial charge in [0.1, 0.15) is 0 Å². The van der Waals surface area contributed by atoms with Gasteiger partial charge in [-0.1, -0.05) is 11.6 Å². The Morgan fingerprint density at radius 3 is 2.51 bits per heavy atom. The number of carbonyl (C=O) groups excluding carboxylic acids is 3. The Morgan fingerprint density at radius 2 is 1.81 bits per heavy atom. The first kappa shape index (κ1) is 25.0. The van der Waals surface area contributed by atoms with Gasteiger partial charge in [0.15, 0.2) is 11.5 Å². The standard InChI is InChI=1S/C27H23ClN2O6S/c1-4-34-26(32)17-5-7-20(8-6-17)30-15(2)9-18(16(30)3)11-24-25(31)29(27(33)37-24)13-19-10-22-23(12-21(19)28)36-14-35-22/h5-12H,4,13-14H2,1-3H3/b24-11-. The van der Waals surface area contributed by atoms with Gasteiger partial charge in [-0.05, 0) is 86.1 Å². The van der Waals surface area contributed by atoms with E-state index < -0.39 is 0 Å². The number of aryl methyl sites for hydroxylation is 1. The van der Waals surface area contributed by atoms with Crippen LogP contribution in [-0.2, 0) is 16.1 Å². The number of hydrogen-bond donors (Lipinski definition) is 0. The average molecular weight is 539 g/mol. The number of aromatic nitrogens is 1. The third-order valence-electron chi connectivity index (χ3n) is 6.14. The largest absolute Gasteiger partial charge is 0.462 e. The molecule has 0 N–H and O–H groups in total. The third kappa shape index (κ3) is 4.72. The molecule has 3 heterocycles. The van der Waals surface area contributed by atoms with Gasteiger partial charge < -0.3 is 18.8 Å². The van der Waals surface area contributed by atoms with Crippen molar-refractivity contribution >= 4 is 46.6 Å². The van der Waals surface area contributed by atoms with Crippen molar-refractivity contribution in [1.82, 2.24) is 9.47 Å². The van der Waals surface area contributed by atoms with Crippen molar-refractivity contribution in [3.05, 3.63) is 80.5 Å². The number of hydrogen-bond acceptors (Lipinski definition) is 7. The van der Waals surface area contributed by atoms with E-state index in [1.807, 2.05) is 36.6 Å². The predicted octanol–water partition coefficient (Wildman–Crippen LogP) is 5.89. The average Bonchev–Trinajstić information content (AvgIpc) is 3.51. The van der Waals surface area contributed by atoms with E-state index >= 15 is 0 Å². The fourth-order valence-corrected chi connectivity index (χ4v) is 5.36. The summed E-state index contributed by atoms with van der Waals surface area (Å²) in [6.45, 7) is 6.11. The van der Waals surface area contributed by atoms with Gasteiger partial charge in [-0.15, -0.1) is 0 Å². The Morgan fingerprint density at radius 1 is 1.11 bits per heavy atom. The van der Waals surface area contributed by atoms with Crippen molar-refractivity contribution in [3.8, 4) is 17.2 Å². The maximum absolute atomic E-state index is 13.2. The highest BCUT2D eigenvalue weighted by molar-refractivity contribution is 8.18. The summed E-state index contributed by atoms with van der Waals surface area (Å²) in [5.41, 5.74) is 4.60. The van der Waals surface area contributed by atoms with E-state index in [9.17, 15) is 14.4 Å². The van der Waals surface area contributed by atoms with E-state index in [1.165, 1.54) is 4.90 Å². The molecule has 2 aliphatic heterocycles. The Bertz CT molecular complexity index is 1460. The predicted molar refractivity (Wildman–Crippen MR) is 140 cm³/mol. The van der Waals surface area contributed by atoms with Crippen LogP contribution in [-0.4, -0.2) is 40.0 Å². The summed E-state index contributed by atoms with van der Waals surface area (Å²) in [5.74, 6) is 0.319. The molecule has 0 unspecified atom stereocenters. The Balaban J connectivity index is 1.38. The molecule has 0 spiro atoms. The van der Waals surface area contributed by atoms with Gasteiger partial charge in [0.2, 0.25) is 6.79 Å². The van der Waals surface area contributed by atoms with Gasteiger partial charge >= 0.3 is 5.97 Å². The van der Waals surface area contributed by atoms with Crippen molar-refractivity contribution in [2.75, 3.05) is 13.4 Å². The minimum atomic E-state index is -0.382. The van der Waals surface area contributed by atoms with Crippen LogP contribution in [0.25, 0.3) is 11.8 Å². The summed E-state index contributed by atoms with van der Waals surface area (Å²) < 4.78 is 17.8. The highest BCUT2D eigenvalue weighted by atomic mass is 35.5. The maximum atomic E-state index is 13.2. The summed E-state index contributed by atoms with van der Waals surface area (Å²) >= 11 is 7.25. The SMILES string of the molecule is CCOC(=O)c1ccc(-n2c(C)cc(/C=C3\SC(=O)N(Cc4cc5c(cc4Cl)OCO5)C3=O)c2C)cc1. The van der Waals surface area contributed by atoms with Gasteiger partial charge in [-0.2, -0.15) is 0 Å². The lowest BCUT2D eigenvalue weighted by atomic mass is 10.1. The quantitative estimate of drug-likeness (QED) is 0.285. The first-order valence-electron chi connectivity index (χ1n) is 11.6. The topological polar surface area (TPSA) is 87.1 Å². The highest BCUT2D eigenvalue weighted by Crippen LogP contribution is 2.39. The number of imide groups is 1. The first-order chi connectivity index (χ1) is 17.8. The number of benzene rings is 2. The van der Waals surface area contributed by atoms with Crippen LogP contribution >= 0.6 is 23.4 Å². The van der Waals surface area contributed by atoms with Crippen LogP contribution in [0.15, 0.2) is 47.4 Å². The van der Waals surface area contributed by atoms with Crippen molar-refractivity contribution in [1.29, 1.82) is 0 Å². The molecule has 5 rings (SSSR count). The van der Waals surface area contributed by atoms with Crippen molar-refractivity contribution in [3.63, 3.8) is 0 Å². The van der Waals surface area contributed by atoms with Gasteiger partial charge in [0.25, 0.3) is 11.1 Å². The zero-order valence-corrected chi connectivity index (χ0v) is 21.9. The maximum Gasteiger partial charge on any atom is 0.338 e. The number of fused-ring (bicyclic) bond motifs is 1. The molecule has 0 atom stereocenters. The molecule has 1 fully saturated rings. The molecule has 8 nitrogen and oxygen atoms in total. The molecule has 0 bridgehead atoms. The zero-order valence-electron chi connectivity index (χ0n) is 20.4. The number of thioether (sulfide) groups is 1. The number of amides is 2. The number of rotatable bonds is 6. The van der Waals surface area contributed by atoms with E-state index in [1.54, 1.807) is 37.3 Å². The van der Waals surface area contributed by atoms with Gasteiger partial charge in [-0.3, -0.25) is 14.5 Å². The number of carbonyl (C=O) groups is 3. The van der Waals surface area contributed by atoms with Gasteiger partial charge in [-0.25, -0.2) is 4.79 Å². The lowest BCUT2D eigenvalue weighted by Crippen LogP contribution is -2.27. The smallest absolute Gasteiger partial charge is 0.338 e. The Hall–Kier alpha value is -3.69. The summed E-state index contributed by atoms with van der Waals surface area (Å²) in [4.78, 5) is 39.4. The van der Waals surface area contributed by atoms with Crippen LogP contribution in [0.1, 0.15) is 39.8 Å². The molecule has 2 aromatic carbocycles. The van der Waals surface area contributed by atoms with E-state index in [-0.39, 0.29) is 30.5 Å². The number of halogens is 1. The van der Waals surface area contributed by atoms with E-state index in [0.29, 0.717) is 39.2 Å². The second-order valence-electron chi connectivity index (χ2n) is 8.49. The monoisotopic (exact) mass is 538 g/mol. The second-order valence-corrected chi connectivity index (χ2v) is 9.89. The van der Waals surface area contributed by atoms with E-state index in [0.717, 1.165) is 34.4 Å². The third-order valence-corrected chi connectivity index (χ3v) is 7.40. The molecule has 0 aliphatic carbocycles. The van der Waals surface area contributed by atoms with Gasteiger partial charge in [0.05, 0.1) is 23.6 Å². The molecule has 10 heteroatoms. The molecule has 1 saturated heterocycles. The second kappa shape index (κ2) is 9.99. The Kier molecular flexibility index (Phi) is 6.74. The molecule has 1 aromatic heterocycles. The Labute approximate surface area is 222 Å². The fourth-order valence-electron chi connectivity index (χ4n) is 4.32. The van der Waals surface area contributed by atoms with Crippen LogP contribution in [0.2, 0.25) is 5.02 Å². The molecule has 2 aliphatic rings. The molecule has 0 saturated carbocycles. The number of esters is 1. The summed E-state index contributed by atoms with van der Waals surface area (Å²) in [6.07, 6.45) is 1.73.